The van der Waals surface area contributed by atoms with Gasteiger partial charge in [0.15, 0.2) is 5.69 Å². The van der Waals surface area contributed by atoms with Gasteiger partial charge in [0.05, 0.1) is 5.69 Å². The monoisotopic (exact) mass is 278 g/mol. The van der Waals surface area contributed by atoms with E-state index in [1.807, 2.05) is 12.1 Å². The highest BCUT2D eigenvalue weighted by molar-refractivity contribution is 6.31. The Kier molecular flexibility index (Phi) is 3.87. The summed E-state index contributed by atoms with van der Waals surface area (Å²) < 4.78 is 1.62. The Balaban J connectivity index is 2.44. The van der Waals surface area contributed by atoms with Crippen LogP contribution in [0.4, 0.5) is 0 Å². The zero-order valence-corrected chi connectivity index (χ0v) is 11.6. The second-order valence-corrected chi connectivity index (χ2v) is 4.69. The van der Waals surface area contributed by atoms with Crippen LogP contribution in [-0.2, 0) is 6.54 Å². The molecule has 6 heteroatoms. The first-order chi connectivity index (χ1) is 9.04. The Morgan fingerprint density at radius 3 is 2.79 bits per heavy atom. The highest BCUT2D eigenvalue weighted by atomic mass is 35.5. The predicted molar refractivity (Wildman–Crippen MR) is 74.5 cm³/mol. The molecule has 0 saturated heterocycles. The minimum absolute atomic E-state index is 0.143. The summed E-state index contributed by atoms with van der Waals surface area (Å²) in [4.78, 5) is 13.3. The maximum absolute atomic E-state index is 11.8. The van der Waals surface area contributed by atoms with Crippen LogP contribution in [0.15, 0.2) is 30.5 Å². The number of nitrogens with two attached hydrogens (primary N) is 1. The van der Waals surface area contributed by atoms with Crippen LogP contribution >= 0.6 is 11.6 Å². The van der Waals surface area contributed by atoms with E-state index in [4.69, 9.17) is 17.3 Å². The molecule has 0 saturated carbocycles. The zero-order chi connectivity index (χ0) is 14.0. The number of hydrogen-bond acceptors (Lipinski definition) is 3. The van der Waals surface area contributed by atoms with Crippen LogP contribution in [0.2, 0.25) is 5.02 Å². The fourth-order valence-corrected chi connectivity index (χ4v) is 2.01. The number of benzene rings is 1. The van der Waals surface area contributed by atoms with Crippen LogP contribution in [-0.4, -0.2) is 34.7 Å². The summed E-state index contributed by atoms with van der Waals surface area (Å²) in [5.74, 6) is -0.143. The minimum Gasteiger partial charge on any atom is -0.343 e. The van der Waals surface area contributed by atoms with E-state index >= 15 is 0 Å². The molecule has 100 valence electrons. The van der Waals surface area contributed by atoms with Gasteiger partial charge in [0, 0.05) is 37.4 Å². The summed E-state index contributed by atoms with van der Waals surface area (Å²) >= 11 is 6.10. The number of amides is 1. The summed E-state index contributed by atoms with van der Waals surface area (Å²) in [6, 6.07) is 7.14. The van der Waals surface area contributed by atoms with Crippen molar-refractivity contribution in [1.82, 2.24) is 14.7 Å². The van der Waals surface area contributed by atoms with Crippen LogP contribution in [0.25, 0.3) is 5.69 Å². The fourth-order valence-electron chi connectivity index (χ4n) is 1.77. The van der Waals surface area contributed by atoms with Gasteiger partial charge in [-0.15, -0.1) is 0 Å². The Bertz CT molecular complexity index is 606. The molecule has 2 N–H and O–H groups in total. The van der Waals surface area contributed by atoms with Gasteiger partial charge in [0.2, 0.25) is 0 Å². The number of hydrogen-bond donors (Lipinski definition) is 1. The average molecular weight is 279 g/mol. The Labute approximate surface area is 116 Å². The molecule has 0 spiro atoms. The molecule has 2 rings (SSSR count). The van der Waals surface area contributed by atoms with Gasteiger partial charge in [-0.2, -0.15) is 5.10 Å². The van der Waals surface area contributed by atoms with Crippen molar-refractivity contribution < 1.29 is 4.79 Å². The Hall–Kier alpha value is -1.85. The van der Waals surface area contributed by atoms with Crippen molar-refractivity contribution in [3.05, 3.63) is 46.7 Å². The van der Waals surface area contributed by atoms with E-state index < -0.39 is 0 Å². The van der Waals surface area contributed by atoms with Crippen molar-refractivity contribution >= 4 is 17.5 Å². The molecule has 1 aromatic carbocycles. The molecule has 0 radical (unpaired) electrons. The van der Waals surface area contributed by atoms with E-state index in [9.17, 15) is 4.79 Å². The molecule has 1 heterocycles. The first-order valence-electron chi connectivity index (χ1n) is 5.79. The van der Waals surface area contributed by atoms with E-state index in [-0.39, 0.29) is 5.91 Å². The van der Waals surface area contributed by atoms with Gasteiger partial charge < -0.3 is 10.6 Å². The molecular weight excluding hydrogens is 264 g/mol. The third-order valence-electron chi connectivity index (χ3n) is 2.76. The number of carbonyl (C=O) groups is 1. The van der Waals surface area contributed by atoms with Gasteiger partial charge in [0.1, 0.15) is 0 Å². The molecule has 0 atom stereocenters. The van der Waals surface area contributed by atoms with E-state index in [1.165, 1.54) is 4.90 Å². The maximum Gasteiger partial charge on any atom is 0.273 e. The second-order valence-electron chi connectivity index (χ2n) is 4.29. The third kappa shape index (κ3) is 2.62. The fraction of sp³-hybridized carbons (Fsp3) is 0.231. The average Bonchev–Trinajstić information content (AvgIpc) is 2.86. The second kappa shape index (κ2) is 5.42. The highest BCUT2D eigenvalue weighted by Gasteiger charge is 2.14. The van der Waals surface area contributed by atoms with Gasteiger partial charge in [-0.3, -0.25) is 4.79 Å². The van der Waals surface area contributed by atoms with E-state index in [2.05, 4.69) is 5.10 Å². The van der Waals surface area contributed by atoms with Gasteiger partial charge in [-0.1, -0.05) is 17.7 Å². The summed E-state index contributed by atoms with van der Waals surface area (Å²) in [5, 5.41) is 4.86. The minimum atomic E-state index is -0.143. The summed E-state index contributed by atoms with van der Waals surface area (Å²) in [5.41, 5.74) is 7.67. The maximum atomic E-state index is 11.8. The lowest BCUT2D eigenvalue weighted by molar-refractivity contribution is 0.0821. The van der Waals surface area contributed by atoms with Gasteiger partial charge >= 0.3 is 0 Å². The van der Waals surface area contributed by atoms with Crippen LogP contribution < -0.4 is 5.73 Å². The van der Waals surface area contributed by atoms with E-state index in [1.54, 1.807) is 37.1 Å². The Morgan fingerprint density at radius 2 is 2.16 bits per heavy atom. The standard InChI is InChI=1S/C13H15ClN4O/c1-17(2)13(19)11-6-7-18(16-11)12-5-3-4-10(14)9(12)8-15/h3-7H,8,15H2,1-2H3. The molecule has 0 aliphatic heterocycles. The smallest absolute Gasteiger partial charge is 0.273 e. The molecule has 0 aliphatic carbocycles. The van der Waals surface area contributed by atoms with Crippen molar-refractivity contribution in [3.63, 3.8) is 0 Å². The van der Waals surface area contributed by atoms with Crippen molar-refractivity contribution in [1.29, 1.82) is 0 Å². The molecule has 0 fully saturated rings. The third-order valence-corrected chi connectivity index (χ3v) is 3.11. The molecule has 1 amide bonds. The van der Waals surface area contributed by atoms with Crippen LogP contribution in [0.3, 0.4) is 0 Å². The highest BCUT2D eigenvalue weighted by Crippen LogP contribution is 2.22. The van der Waals surface area contributed by atoms with Crippen molar-refractivity contribution in [2.45, 2.75) is 6.54 Å². The predicted octanol–water partition coefficient (Wildman–Crippen LogP) is 1.69. The van der Waals surface area contributed by atoms with Gasteiger partial charge in [-0.25, -0.2) is 4.68 Å². The molecule has 0 bridgehead atoms. The van der Waals surface area contributed by atoms with Crippen LogP contribution in [0.5, 0.6) is 0 Å². The van der Waals surface area contributed by atoms with E-state index in [0.29, 0.717) is 17.3 Å². The molecular formula is C13H15ClN4O. The van der Waals surface area contributed by atoms with Gasteiger partial charge in [0.25, 0.3) is 5.91 Å². The first-order valence-corrected chi connectivity index (χ1v) is 6.17. The van der Waals surface area contributed by atoms with Crippen molar-refractivity contribution in [2.75, 3.05) is 14.1 Å². The lowest BCUT2D eigenvalue weighted by Gasteiger charge is -2.10. The van der Waals surface area contributed by atoms with Gasteiger partial charge in [-0.05, 0) is 18.2 Å². The number of carbonyl (C=O) groups excluding carboxylic acids is 1. The molecule has 0 aliphatic rings. The number of rotatable bonds is 3. The molecule has 2 aromatic rings. The van der Waals surface area contributed by atoms with Crippen LogP contribution in [0.1, 0.15) is 16.1 Å². The normalized spacial score (nSPS) is 10.5. The first kappa shape index (κ1) is 13.6. The Morgan fingerprint density at radius 1 is 1.42 bits per heavy atom. The zero-order valence-electron chi connectivity index (χ0n) is 10.8. The van der Waals surface area contributed by atoms with Crippen LogP contribution in [0, 0.1) is 0 Å². The quantitative estimate of drug-likeness (QED) is 0.929. The largest absolute Gasteiger partial charge is 0.343 e. The summed E-state index contributed by atoms with van der Waals surface area (Å²) in [7, 11) is 3.37. The number of nitrogens with zero attached hydrogens (tertiary/aromatic N) is 3. The summed E-state index contributed by atoms with van der Waals surface area (Å²) in [6.07, 6.45) is 1.72. The molecule has 5 nitrogen and oxygen atoms in total. The van der Waals surface area contributed by atoms with Crippen molar-refractivity contribution in [2.24, 2.45) is 5.73 Å². The molecule has 19 heavy (non-hydrogen) atoms. The number of halogens is 1. The SMILES string of the molecule is CN(C)C(=O)c1ccn(-c2cccc(Cl)c2CN)n1. The number of aromatic nitrogens is 2. The lowest BCUT2D eigenvalue weighted by Crippen LogP contribution is -2.22. The lowest BCUT2D eigenvalue weighted by atomic mass is 10.2. The summed E-state index contributed by atoms with van der Waals surface area (Å²) in [6.45, 7) is 0.311. The molecule has 0 unspecified atom stereocenters. The molecule has 1 aromatic heterocycles. The van der Waals surface area contributed by atoms with Crippen molar-refractivity contribution in [3.8, 4) is 5.69 Å². The topological polar surface area (TPSA) is 64.2 Å². The van der Waals surface area contributed by atoms with E-state index in [0.717, 1.165) is 11.3 Å².